The quantitative estimate of drug-likeness (QED) is 0.660. The number of rotatable bonds is 5. The third-order valence-electron chi connectivity index (χ3n) is 3.31. The van der Waals surface area contributed by atoms with Crippen molar-refractivity contribution in [3.63, 3.8) is 0 Å². The van der Waals surface area contributed by atoms with Crippen LogP contribution in [0.4, 0.5) is 0 Å². The standard InChI is InChI=1S/C12H21NO4/c1-7-5-9(10(6-7)12(16)17)11(15)13-4-3-8(2)14/h7-10,14H,3-6H2,1-2H3,(H,13,15)(H,16,17). The first kappa shape index (κ1) is 14.0. The lowest BCUT2D eigenvalue weighted by Crippen LogP contribution is -2.36. The van der Waals surface area contributed by atoms with Crippen molar-refractivity contribution in [1.82, 2.24) is 5.32 Å². The summed E-state index contributed by atoms with van der Waals surface area (Å²) in [6, 6.07) is 0. The Kier molecular flexibility index (Phi) is 4.93. The van der Waals surface area contributed by atoms with Gasteiger partial charge in [-0.3, -0.25) is 9.59 Å². The van der Waals surface area contributed by atoms with Gasteiger partial charge in [-0.05, 0) is 32.1 Å². The van der Waals surface area contributed by atoms with Crippen molar-refractivity contribution in [2.75, 3.05) is 6.54 Å². The fourth-order valence-electron chi connectivity index (χ4n) is 2.39. The van der Waals surface area contributed by atoms with Crippen LogP contribution in [0.25, 0.3) is 0 Å². The van der Waals surface area contributed by atoms with Gasteiger partial charge in [0.1, 0.15) is 0 Å². The summed E-state index contributed by atoms with van der Waals surface area (Å²) < 4.78 is 0. The Morgan fingerprint density at radius 3 is 2.47 bits per heavy atom. The second kappa shape index (κ2) is 6.00. The van der Waals surface area contributed by atoms with Crippen LogP contribution in [0.3, 0.4) is 0 Å². The van der Waals surface area contributed by atoms with E-state index in [9.17, 15) is 9.59 Å². The van der Waals surface area contributed by atoms with Gasteiger partial charge in [-0.25, -0.2) is 0 Å². The van der Waals surface area contributed by atoms with Gasteiger partial charge < -0.3 is 15.5 Å². The summed E-state index contributed by atoms with van der Waals surface area (Å²) in [5, 5.41) is 20.8. The zero-order valence-corrected chi connectivity index (χ0v) is 10.3. The molecule has 4 unspecified atom stereocenters. The predicted octanol–water partition coefficient (Wildman–Crippen LogP) is 0.620. The van der Waals surface area contributed by atoms with E-state index in [1.165, 1.54) is 0 Å². The summed E-state index contributed by atoms with van der Waals surface area (Å²) in [6.07, 6.45) is 1.25. The molecule has 0 aliphatic heterocycles. The molecule has 4 atom stereocenters. The van der Waals surface area contributed by atoms with Crippen molar-refractivity contribution in [1.29, 1.82) is 0 Å². The molecular weight excluding hydrogens is 222 g/mol. The molecule has 0 radical (unpaired) electrons. The molecule has 0 aromatic heterocycles. The minimum Gasteiger partial charge on any atom is -0.481 e. The molecule has 1 aliphatic rings. The third-order valence-corrected chi connectivity index (χ3v) is 3.31. The Balaban J connectivity index is 2.47. The Bertz CT molecular complexity index is 290. The molecule has 1 aliphatic carbocycles. The number of carboxylic acids is 1. The summed E-state index contributed by atoms with van der Waals surface area (Å²) in [6.45, 7) is 4.02. The first-order valence-electron chi connectivity index (χ1n) is 6.10. The molecule has 0 saturated heterocycles. The fourth-order valence-corrected chi connectivity index (χ4v) is 2.39. The molecule has 0 bridgehead atoms. The Morgan fingerprint density at radius 2 is 1.94 bits per heavy atom. The van der Waals surface area contributed by atoms with Crippen molar-refractivity contribution >= 4 is 11.9 Å². The number of aliphatic hydroxyl groups excluding tert-OH is 1. The lowest BCUT2D eigenvalue weighted by molar-refractivity contribution is -0.146. The molecule has 5 heteroatoms. The molecule has 1 amide bonds. The largest absolute Gasteiger partial charge is 0.481 e. The molecule has 1 rings (SSSR count). The molecule has 0 heterocycles. The third kappa shape index (κ3) is 4.00. The van der Waals surface area contributed by atoms with Crippen LogP contribution in [0, 0.1) is 17.8 Å². The average Bonchev–Trinajstić information content (AvgIpc) is 2.59. The first-order chi connectivity index (χ1) is 7.91. The van der Waals surface area contributed by atoms with E-state index in [-0.39, 0.29) is 11.8 Å². The van der Waals surface area contributed by atoms with Crippen LogP contribution < -0.4 is 5.32 Å². The molecule has 5 nitrogen and oxygen atoms in total. The first-order valence-corrected chi connectivity index (χ1v) is 6.10. The van der Waals surface area contributed by atoms with Crippen LogP contribution in [0.1, 0.15) is 33.1 Å². The molecule has 3 N–H and O–H groups in total. The van der Waals surface area contributed by atoms with E-state index in [0.29, 0.717) is 25.8 Å². The lowest BCUT2D eigenvalue weighted by Gasteiger charge is -2.15. The van der Waals surface area contributed by atoms with Gasteiger partial charge in [-0.2, -0.15) is 0 Å². The van der Waals surface area contributed by atoms with Crippen LogP contribution in [0.5, 0.6) is 0 Å². The monoisotopic (exact) mass is 243 g/mol. The van der Waals surface area contributed by atoms with Crippen molar-refractivity contribution < 1.29 is 19.8 Å². The summed E-state index contributed by atoms with van der Waals surface area (Å²) >= 11 is 0. The minimum atomic E-state index is -0.884. The Labute approximate surface area is 101 Å². The maximum absolute atomic E-state index is 11.8. The summed E-state index contributed by atoms with van der Waals surface area (Å²) in [4.78, 5) is 22.9. The maximum atomic E-state index is 11.8. The van der Waals surface area contributed by atoms with Crippen LogP contribution in [0.2, 0.25) is 0 Å². The van der Waals surface area contributed by atoms with Gasteiger partial charge in [0.15, 0.2) is 0 Å². The van der Waals surface area contributed by atoms with Gasteiger partial charge in [0.05, 0.1) is 17.9 Å². The highest BCUT2D eigenvalue weighted by molar-refractivity contribution is 5.85. The van der Waals surface area contributed by atoms with E-state index in [1.807, 2.05) is 6.92 Å². The van der Waals surface area contributed by atoms with E-state index in [4.69, 9.17) is 10.2 Å². The van der Waals surface area contributed by atoms with Crippen LogP contribution in [-0.4, -0.2) is 34.7 Å². The highest BCUT2D eigenvalue weighted by atomic mass is 16.4. The smallest absolute Gasteiger partial charge is 0.307 e. The second-order valence-electron chi connectivity index (χ2n) is 5.06. The van der Waals surface area contributed by atoms with Crippen LogP contribution >= 0.6 is 0 Å². The zero-order valence-electron chi connectivity index (χ0n) is 10.3. The number of hydrogen-bond acceptors (Lipinski definition) is 3. The lowest BCUT2D eigenvalue weighted by atomic mass is 9.95. The van der Waals surface area contributed by atoms with E-state index in [0.717, 1.165) is 0 Å². The molecule has 1 saturated carbocycles. The van der Waals surface area contributed by atoms with E-state index in [1.54, 1.807) is 6.92 Å². The van der Waals surface area contributed by atoms with Crippen LogP contribution in [-0.2, 0) is 9.59 Å². The maximum Gasteiger partial charge on any atom is 0.307 e. The Hall–Kier alpha value is -1.10. The number of carbonyl (C=O) groups is 2. The number of carbonyl (C=O) groups excluding carboxylic acids is 1. The van der Waals surface area contributed by atoms with E-state index >= 15 is 0 Å². The number of amides is 1. The van der Waals surface area contributed by atoms with Gasteiger partial charge in [0.25, 0.3) is 0 Å². The molecular formula is C12H21NO4. The second-order valence-corrected chi connectivity index (χ2v) is 5.06. The van der Waals surface area contributed by atoms with Crippen molar-refractivity contribution in [2.45, 2.75) is 39.2 Å². The van der Waals surface area contributed by atoms with Gasteiger partial charge in [0.2, 0.25) is 5.91 Å². The van der Waals surface area contributed by atoms with E-state index < -0.39 is 23.9 Å². The molecule has 1 fully saturated rings. The van der Waals surface area contributed by atoms with Crippen molar-refractivity contribution in [2.24, 2.45) is 17.8 Å². The Morgan fingerprint density at radius 1 is 1.35 bits per heavy atom. The number of hydrogen-bond donors (Lipinski definition) is 3. The predicted molar refractivity (Wildman–Crippen MR) is 62.3 cm³/mol. The highest BCUT2D eigenvalue weighted by Crippen LogP contribution is 2.36. The highest BCUT2D eigenvalue weighted by Gasteiger charge is 2.40. The van der Waals surface area contributed by atoms with Gasteiger partial charge >= 0.3 is 5.97 Å². The molecule has 98 valence electrons. The molecule has 0 aromatic rings. The SMILES string of the molecule is CC(O)CCNC(=O)C1CC(C)CC1C(=O)O. The van der Waals surface area contributed by atoms with Crippen molar-refractivity contribution in [3.8, 4) is 0 Å². The molecule has 0 aromatic carbocycles. The van der Waals surface area contributed by atoms with Crippen LogP contribution in [0.15, 0.2) is 0 Å². The number of carboxylic acid groups (broad SMARTS) is 1. The number of nitrogens with one attached hydrogen (secondary N) is 1. The van der Waals surface area contributed by atoms with Crippen molar-refractivity contribution in [3.05, 3.63) is 0 Å². The van der Waals surface area contributed by atoms with Gasteiger partial charge in [0, 0.05) is 6.54 Å². The zero-order chi connectivity index (χ0) is 13.0. The summed E-state index contributed by atoms with van der Waals surface area (Å²) in [5.74, 6) is -1.77. The summed E-state index contributed by atoms with van der Waals surface area (Å²) in [5.41, 5.74) is 0. The topological polar surface area (TPSA) is 86.6 Å². The van der Waals surface area contributed by atoms with Gasteiger partial charge in [-0.15, -0.1) is 0 Å². The molecule has 17 heavy (non-hydrogen) atoms. The van der Waals surface area contributed by atoms with Gasteiger partial charge in [-0.1, -0.05) is 6.92 Å². The average molecular weight is 243 g/mol. The minimum absolute atomic E-state index is 0.192. The summed E-state index contributed by atoms with van der Waals surface area (Å²) in [7, 11) is 0. The number of aliphatic carboxylic acids is 1. The molecule has 0 spiro atoms. The normalized spacial score (nSPS) is 29.9. The van der Waals surface area contributed by atoms with E-state index in [2.05, 4.69) is 5.32 Å². The number of aliphatic hydroxyl groups is 1. The fraction of sp³-hybridized carbons (Fsp3) is 0.833.